The third kappa shape index (κ3) is 3.47. The number of aliphatic hydroxyl groups is 2. The zero-order valence-electron chi connectivity index (χ0n) is 11.4. The van der Waals surface area contributed by atoms with Crippen LogP contribution in [0.3, 0.4) is 0 Å². The molecule has 2 atom stereocenters. The predicted molar refractivity (Wildman–Crippen MR) is 76.2 cm³/mol. The van der Waals surface area contributed by atoms with Crippen molar-refractivity contribution < 1.29 is 10.2 Å². The van der Waals surface area contributed by atoms with Crippen molar-refractivity contribution in [3.63, 3.8) is 0 Å². The summed E-state index contributed by atoms with van der Waals surface area (Å²) in [4.78, 5) is 0. The van der Waals surface area contributed by atoms with E-state index in [0.29, 0.717) is 12.3 Å². The molecule has 0 spiro atoms. The zero-order valence-corrected chi connectivity index (χ0v) is 12.2. The first-order chi connectivity index (χ1) is 8.54. The van der Waals surface area contributed by atoms with Crippen molar-refractivity contribution in [1.29, 1.82) is 0 Å². The minimum absolute atomic E-state index is 0.354. The van der Waals surface area contributed by atoms with Gasteiger partial charge in [-0.05, 0) is 42.9 Å². The number of rotatable bonds is 6. The molecule has 102 valence electrons. The van der Waals surface area contributed by atoms with Gasteiger partial charge >= 0.3 is 0 Å². The molecule has 2 unspecified atom stereocenters. The van der Waals surface area contributed by atoms with Crippen LogP contribution in [0.1, 0.15) is 48.6 Å². The molecular weight excluding hydrogens is 248 g/mol. The average Bonchev–Trinajstić information content (AvgIpc) is 2.36. The van der Waals surface area contributed by atoms with Crippen LogP contribution in [-0.2, 0) is 12.8 Å². The van der Waals surface area contributed by atoms with E-state index in [2.05, 4.69) is 32.9 Å². The maximum atomic E-state index is 10.3. The summed E-state index contributed by atoms with van der Waals surface area (Å²) >= 11 is 5.63. The van der Waals surface area contributed by atoms with Crippen molar-refractivity contribution in [2.45, 2.75) is 52.2 Å². The number of aliphatic hydroxyl groups excluding tert-OH is 2. The monoisotopic (exact) mass is 270 g/mol. The molecule has 0 saturated carbocycles. The van der Waals surface area contributed by atoms with Gasteiger partial charge in [-0.3, -0.25) is 0 Å². The molecule has 0 fully saturated rings. The predicted octanol–water partition coefficient (Wildman–Crippen LogP) is 3.14. The molecule has 2 nitrogen and oxygen atoms in total. The van der Waals surface area contributed by atoms with E-state index in [4.69, 9.17) is 11.6 Å². The van der Waals surface area contributed by atoms with Crippen LogP contribution in [0.25, 0.3) is 0 Å². The van der Waals surface area contributed by atoms with Crippen LogP contribution in [0.5, 0.6) is 0 Å². The summed E-state index contributed by atoms with van der Waals surface area (Å²) in [6, 6.07) is 4.18. The van der Waals surface area contributed by atoms with Gasteiger partial charge in [-0.15, -0.1) is 11.6 Å². The first-order valence-corrected chi connectivity index (χ1v) is 7.12. The summed E-state index contributed by atoms with van der Waals surface area (Å²) < 4.78 is 0. The van der Waals surface area contributed by atoms with Crippen LogP contribution in [0, 0.1) is 6.92 Å². The van der Waals surface area contributed by atoms with Gasteiger partial charge in [0.15, 0.2) is 0 Å². The Morgan fingerprint density at radius 1 is 1.11 bits per heavy atom. The smallest absolute Gasteiger partial charge is 0.105 e. The number of halogens is 1. The third-order valence-corrected chi connectivity index (χ3v) is 3.54. The summed E-state index contributed by atoms with van der Waals surface area (Å²) in [5, 5.41) is 20.3. The van der Waals surface area contributed by atoms with Gasteiger partial charge in [0.2, 0.25) is 0 Å². The van der Waals surface area contributed by atoms with Gasteiger partial charge in [0.1, 0.15) is 6.10 Å². The van der Waals surface area contributed by atoms with Crippen LogP contribution < -0.4 is 0 Å². The third-order valence-electron chi connectivity index (χ3n) is 3.32. The first kappa shape index (κ1) is 15.5. The number of aryl methyl sites for hydroxylation is 3. The van der Waals surface area contributed by atoms with Crippen molar-refractivity contribution in [3.8, 4) is 0 Å². The molecule has 3 heteroatoms. The second-order valence-electron chi connectivity index (χ2n) is 4.69. The van der Waals surface area contributed by atoms with Gasteiger partial charge < -0.3 is 10.2 Å². The largest absolute Gasteiger partial charge is 0.390 e. The molecule has 0 aliphatic rings. The van der Waals surface area contributed by atoms with E-state index in [-0.39, 0.29) is 0 Å². The molecule has 1 aromatic carbocycles. The summed E-state index contributed by atoms with van der Waals surface area (Å²) in [6.07, 6.45) is 0.488. The van der Waals surface area contributed by atoms with E-state index in [1.54, 1.807) is 0 Å². The van der Waals surface area contributed by atoms with Crippen LogP contribution in [0.4, 0.5) is 0 Å². The second kappa shape index (κ2) is 7.13. The van der Waals surface area contributed by atoms with E-state index >= 15 is 0 Å². The molecule has 1 rings (SSSR count). The van der Waals surface area contributed by atoms with E-state index < -0.39 is 12.2 Å². The van der Waals surface area contributed by atoms with Crippen LogP contribution >= 0.6 is 11.6 Å². The van der Waals surface area contributed by atoms with Crippen molar-refractivity contribution in [1.82, 2.24) is 0 Å². The second-order valence-corrected chi connectivity index (χ2v) is 5.07. The summed E-state index contributed by atoms with van der Waals surface area (Å²) in [7, 11) is 0. The Kier molecular flexibility index (Phi) is 6.13. The number of hydrogen-bond acceptors (Lipinski definition) is 2. The highest BCUT2D eigenvalue weighted by molar-refractivity contribution is 6.17. The summed E-state index contributed by atoms with van der Waals surface area (Å²) in [6.45, 7) is 6.19. The first-order valence-electron chi connectivity index (χ1n) is 6.59. The fourth-order valence-electron chi connectivity index (χ4n) is 2.38. The molecular formula is C15H23ClO2. The Morgan fingerprint density at radius 3 is 2.00 bits per heavy atom. The Morgan fingerprint density at radius 2 is 1.61 bits per heavy atom. The van der Waals surface area contributed by atoms with Gasteiger partial charge in [0, 0.05) is 5.88 Å². The maximum Gasteiger partial charge on any atom is 0.105 e. The lowest BCUT2D eigenvalue weighted by Crippen LogP contribution is -2.21. The Labute approximate surface area is 115 Å². The molecule has 0 heterocycles. The summed E-state index contributed by atoms with van der Waals surface area (Å²) in [5.74, 6) is 0.354. The Balaban J connectivity index is 3.19. The quantitative estimate of drug-likeness (QED) is 0.780. The Bertz CT molecular complexity index is 365. The average molecular weight is 271 g/mol. The molecule has 0 aliphatic heterocycles. The molecule has 0 radical (unpaired) electrons. The molecule has 1 aromatic rings. The van der Waals surface area contributed by atoms with Crippen LogP contribution in [-0.4, -0.2) is 22.2 Å². The molecule has 18 heavy (non-hydrogen) atoms. The lowest BCUT2D eigenvalue weighted by atomic mass is 9.89. The highest BCUT2D eigenvalue weighted by Gasteiger charge is 2.22. The Hall–Kier alpha value is -0.570. The van der Waals surface area contributed by atoms with E-state index in [0.717, 1.165) is 29.5 Å². The maximum absolute atomic E-state index is 10.3. The van der Waals surface area contributed by atoms with Crippen LogP contribution in [0.15, 0.2) is 12.1 Å². The lowest BCUT2D eigenvalue weighted by molar-refractivity contribution is 0.0160. The van der Waals surface area contributed by atoms with Gasteiger partial charge in [-0.25, -0.2) is 0 Å². The highest BCUT2D eigenvalue weighted by atomic mass is 35.5. The molecule has 0 bridgehead atoms. The standard InChI is InChI=1S/C15H23ClO2/c1-4-11-8-10(3)9-12(5-2)14(11)15(18)13(17)6-7-16/h8-9,13,15,17-18H,4-7H2,1-3H3. The van der Waals surface area contributed by atoms with Gasteiger partial charge in [-0.2, -0.15) is 0 Å². The van der Waals surface area contributed by atoms with Crippen LogP contribution in [0.2, 0.25) is 0 Å². The summed E-state index contributed by atoms with van der Waals surface area (Å²) in [5.41, 5.74) is 4.33. The molecule has 0 amide bonds. The van der Waals surface area contributed by atoms with Crippen molar-refractivity contribution in [2.75, 3.05) is 5.88 Å². The topological polar surface area (TPSA) is 40.5 Å². The van der Waals surface area contributed by atoms with Gasteiger partial charge in [0.05, 0.1) is 6.10 Å². The normalized spacial score (nSPS) is 14.6. The minimum Gasteiger partial charge on any atom is -0.390 e. The molecule has 0 aliphatic carbocycles. The zero-order chi connectivity index (χ0) is 13.7. The minimum atomic E-state index is -0.839. The SMILES string of the molecule is CCc1cc(C)cc(CC)c1C(O)C(O)CCCl. The van der Waals surface area contributed by atoms with E-state index in [9.17, 15) is 10.2 Å². The van der Waals surface area contributed by atoms with E-state index in [1.165, 1.54) is 5.56 Å². The van der Waals surface area contributed by atoms with Crippen molar-refractivity contribution in [2.24, 2.45) is 0 Å². The fraction of sp³-hybridized carbons (Fsp3) is 0.600. The fourth-order valence-corrected chi connectivity index (χ4v) is 2.60. The number of hydrogen-bond donors (Lipinski definition) is 2. The number of alkyl halides is 1. The highest BCUT2D eigenvalue weighted by Crippen LogP contribution is 2.29. The van der Waals surface area contributed by atoms with Gasteiger partial charge in [-0.1, -0.05) is 31.5 Å². The molecule has 0 aromatic heterocycles. The van der Waals surface area contributed by atoms with E-state index in [1.807, 2.05) is 0 Å². The number of benzene rings is 1. The van der Waals surface area contributed by atoms with Crippen molar-refractivity contribution >= 4 is 11.6 Å². The molecule has 2 N–H and O–H groups in total. The molecule has 0 saturated heterocycles. The van der Waals surface area contributed by atoms with Crippen molar-refractivity contribution in [3.05, 3.63) is 34.4 Å². The lowest BCUT2D eigenvalue weighted by Gasteiger charge is -2.23. The van der Waals surface area contributed by atoms with Gasteiger partial charge in [0.25, 0.3) is 0 Å².